The third-order valence-corrected chi connectivity index (χ3v) is 3.09. The molecule has 2 rings (SSSR count). The van der Waals surface area contributed by atoms with Crippen LogP contribution in [0.4, 0.5) is 0 Å². The van der Waals surface area contributed by atoms with Crippen LogP contribution in [0.1, 0.15) is 17.3 Å². The van der Waals surface area contributed by atoms with Gasteiger partial charge in [-0.1, -0.05) is 17.7 Å². The molecule has 0 aliphatic rings. The number of hydrogen-bond acceptors (Lipinski definition) is 3. The molecule has 1 heterocycles. The zero-order valence-electron chi connectivity index (χ0n) is 10.1. The first-order valence-corrected chi connectivity index (χ1v) is 5.75. The second kappa shape index (κ2) is 5.11. The van der Waals surface area contributed by atoms with Gasteiger partial charge in [-0.15, -0.1) is 0 Å². The van der Waals surface area contributed by atoms with Crippen LogP contribution in [-0.2, 0) is 7.05 Å². The average Bonchev–Trinajstić information content (AvgIpc) is 2.78. The molecule has 1 aromatic carbocycles. The molecule has 0 amide bonds. The Labute approximate surface area is 110 Å². The van der Waals surface area contributed by atoms with Gasteiger partial charge in [0.15, 0.2) is 0 Å². The highest BCUT2D eigenvalue weighted by molar-refractivity contribution is 6.31. The molecule has 0 aliphatic heterocycles. The maximum absolute atomic E-state index is 9.33. The summed E-state index contributed by atoms with van der Waals surface area (Å²) >= 11 is 6.18. The molecule has 5 heteroatoms. The molecular formula is C13H12ClN3O. The van der Waals surface area contributed by atoms with E-state index in [9.17, 15) is 5.26 Å². The fraction of sp³-hybridized carbons (Fsp3) is 0.231. The number of hydrogen-bond donors (Lipinski definition) is 0. The summed E-state index contributed by atoms with van der Waals surface area (Å²) in [7, 11) is 3.43. The molecule has 0 radical (unpaired) electrons. The summed E-state index contributed by atoms with van der Waals surface area (Å²) in [4.78, 5) is 4.20. The van der Waals surface area contributed by atoms with Crippen molar-refractivity contribution in [3.63, 3.8) is 0 Å². The Morgan fingerprint density at radius 3 is 2.78 bits per heavy atom. The van der Waals surface area contributed by atoms with Crippen LogP contribution in [0.3, 0.4) is 0 Å². The van der Waals surface area contributed by atoms with E-state index in [-0.39, 0.29) is 0 Å². The van der Waals surface area contributed by atoms with E-state index in [0.29, 0.717) is 16.6 Å². The van der Waals surface area contributed by atoms with Crippen molar-refractivity contribution in [3.05, 3.63) is 47.0 Å². The summed E-state index contributed by atoms with van der Waals surface area (Å²) in [5.41, 5.74) is 0.731. The Kier molecular flexibility index (Phi) is 3.54. The quantitative estimate of drug-likeness (QED) is 0.854. The fourth-order valence-corrected chi connectivity index (χ4v) is 2.07. The summed E-state index contributed by atoms with van der Waals surface area (Å²) in [6.07, 6.45) is 3.47. The first-order chi connectivity index (χ1) is 8.67. The molecule has 0 saturated heterocycles. The van der Waals surface area contributed by atoms with E-state index in [1.54, 1.807) is 37.7 Å². The number of aromatic nitrogens is 2. The van der Waals surface area contributed by atoms with Crippen molar-refractivity contribution in [2.75, 3.05) is 7.11 Å². The van der Waals surface area contributed by atoms with Crippen LogP contribution in [0.15, 0.2) is 30.6 Å². The summed E-state index contributed by atoms with van der Waals surface area (Å²) in [5.74, 6) is 0.855. The van der Waals surface area contributed by atoms with E-state index in [1.165, 1.54) is 0 Å². The van der Waals surface area contributed by atoms with Gasteiger partial charge in [-0.05, 0) is 17.7 Å². The van der Waals surface area contributed by atoms with Crippen LogP contribution in [0.2, 0.25) is 5.02 Å². The van der Waals surface area contributed by atoms with Gasteiger partial charge >= 0.3 is 0 Å². The van der Waals surface area contributed by atoms with Crippen LogP contribution in [0.25, 0.3) is 0 Å². The zero-order chi connectivity index (χ0) is 13.1. The van der Waals surface area contributed by atoms with Gasteiger partial charge in [0, 0.05) is 24.5 Å². The van der Waals surface area contributed by atoms with Crippen LogP contribution in [0, 0.1) is 11.3 Å². The number of halogens is 1. The largest absolute Gasteiger partial charge is 0.497 e. The van der Waals surface area contributed by atoms with E-state index in [2.05, 4.69) is 11.1 Å². The van der Waals surface area contributed by atoms with Crippen molar-refractivity contribution in [2.45, 2.75) is 5.92 Å². The molecule has 2 aromatic rings. The van der Waals surface area contributed by atoms with Crippen LogP contribution in [-0.4, -0.2) is 16.7 Å². The summed E-state index contributed by atoms with van der Waals surface area (Å²) < 4.78 is 6.90. The second-order valence-corrected chi connectivity index (χ2v) is 4.25. The van der Waals surface area contributed by atoms with E-state index < -0.39 is 5.92 Å². The molecule has 0 saturated carbocycles. The summed E-state index contributed by atoms with van der Waals surface area (Å²) in [5, 5.41) is 9.84. The number of rotatable bonds is 3. The second-order valence-electron chi connectivity index (χ2n) is 3.85. The van der Waals surface area contributed by atoms with Gasteiger partial charge in [-0.2, -0.15) is 5.26 Å². The van der Waals surface area contributed by atoms with E-state index in [1.807, 2.05) is 11.6 Å². The lowest BCUT2D eigenvalue weighted by atomic mass is 9.99. The molecule has 1 unspecified atom stereocenters. The Bertz CT molecular complexity index is 601. The lowest BCUT2D eigenvalue weighted by Crippen LogP contribution is -2.06. The minimum absolute atomic E-state index is 0.483. The van der Waals surface area contributed by atoms with Crippen molar-refractivity contribution < 1.29 is 4.74 Å². The maximum atomic E-state index is 9.33. The number of ether oxygens (including phenoxy) is 1. The van der Waals surface area contributed by atoms with Gasteiger partial charge in [-0.3, -0.25) is 0 Å². The highest BCUT2D eigenvalue weighted by Crippen LogP contribution is 2.31. The van der Waals surface area contributed by atoms with Crippen molar-refractivity contribution in [1.29, 1.82) is 5.26 Å². The molecular weight excluding hydrogens is 250 g/mol. The Hall–Kier alpha value is -1.99. The molecule has 0 fully saturated rings. The Morgan fingerprint density at radius 2 is 2.28 bits per heavy atom. The molecule has 0 aliphatic carbocycles. The van der Waals surface area contributed by atoms with Crippen LogP contribution >= 0.6 is 11.6 Å². The van der Waals surface area contributed by atoms with Gasteiger partial charge < -0.3 is 9.30 Å². The minimum atomic E-state index is -0.483. The number of nitriles is 1. The summed E-state index contributed by atoms with van der Waals surface area (Å²) in [6, 6.07) is 7.51. The molecule has 4 nitrogen and oxygen atoms in total. The molecule has 0 bridgehead atoms. The summed E-state index contributed by atoms with van der Waals surface area (Å²) in [6.45, 7) is 0. The zero-order valence-corrected chi connectivity index (χ0v) is 10.8. The number of methoxy groups -OCH3 is 1. The van der Waals surface area contributed by atoms with Gasteiger partial charge in [0.25, 0.3) is 0 Å². The average molecular weight is 262 g/mol. The first kappa shape index (κ1) is 12.5. The third-order valence-electron chi connectivity index (χ3n) is 2.76. The smallest absolute Gasteiger partial charge is 0.131 e. The number of benzene rings is 1. The van der Waals surface area contributed by atoms with Crippen molar-refractivity contribution in [1.82, 2.24) is 9.55 Å². The lowest BCUT2D eigenvalue weighted by Gasteiger charge is -2.12. The Morgan fingerprint density at radius 1 is 1.50 bits per heavy atom. The van der Waals surface area contributed by atoms with Crippen molar-refractivity contribution in [3.8, 4) is 11.8 Å². The SMILES string of the molecule is COc1ccc(C(C#N)c2nccn2C)c(Cl)c1. The predicted octanol–water partition coefficient (Wildman–Crippen LogP) is 2.74. The predicted molar refractivity (Wildman–Crippen MR) is 68.7 cm³/mol. The highest BCUT2D eigenvalue weighted by Gasteiger charge is 2.20. The minimum Gasteiger partial charge on any atom is -0.497 e. The molecule has 0 N–H and O–H groups in total. The van der Waals surface area contributed by atoms with Gasteiger partial charge in [0.05, 0.1) is 13.2 Å². The maximum Gasteiger partial charge on any atom is 0.131 e. The standard InChI is InChI=1S/C13H12ClN3O/c1-17-6-5-16-13(17)11(8-15)10-4-3-9(18-2)7-12(10)14/h3-7,11H,1-2H3. The highest BCUT2D eigenvalue weighted by atomic mass is 35.5. The molecule has 1 atom stereocenters. The van der Waals surface area contributed by atoms with Gasteiger partial charge in [0.2, 0.25) is 0 Å². The van der Waals surface area contributed by atoms with Gasteiger partial charge in [-0.25, -0.2) is 4.98 Å². The van der Waals surface area contributed by atoms with Crippen molar-refractivity contribution in [2.24, 2.45) is 7.05 Å². The lowest BCUT2D eigenvalue weighted by molar-refractivity contribution is 0.414. The van der Waals surface area contributed by atoms with Crippen molar-refractivity contribution >= 4 is 11.6 Å². The molecule has 0 spiro atoms. The normalized spacial score (nSPS) is 11.9. The topological polar surface area (TPSA) is 50.8 Å². The van der Waals surface area contributed by atoms with E-state index >= 15 is 0 Å². The van der Waals surface area contributed by atoms with Crippen LogP contribution < -0.4 is 4.74 Å². The first-order valence-electron chi connectivity index (χ1n) is 5.37. The number of aryl methyl sites for hydroxylation is 1. The molecule has 92 valence electrons. The molecule has 18 heavy (non-hydrogen) atoms. The fourth-order valence-electron chi connectivity index (χ4n) is 1.79. The van der Waals surface area contributed by atoms with E-state index in [0.717, 1.165) is 5.56 Å². The third kappa shape index (κ3) is 2.18. The number of nitrogens with zero attached hydrogens (tertiary/aromatic N) is 3. The Balaban J connectivity index is 2.47. The molecule has 1 aromatic heterocycles. The monoisotopic (exact) mass is 261 g/mol. The van der Waals surface area contributed by atoms with Gasteiger partial charge in [0.1, 0.15) is 17.5 Å². The van der Waals surface area contributed by atoms with Crippen LogP contribution in [0.5, 0.6) is 5.75 Å². The number of imidazole rings is 1. The van der Waals surface area contributed by atoms with E-state index in [4.69, 9.17) is 16.3 Å².